The molecule has 0 radical (unpaired) electrons. The fourth-order valence-electron chi connectivity index (χ4n) is 3.13. The van der Waals surface area contributed by atoms with E-state index in [1.54, 1.807) is 37.4 Å². The average Bonchev–Trinajstić information content (AvgIpc) is 2.74. The van der Waals surface area contributed by atoms with E-state index in [2.05, 4.69) is 10.6 Å². The summed E-state index contributed by atoms with van der Waals surface area (Å²) in [7, 11) is 1.55. The minimum Gasteiger partial charge on any atom is -0.495 e. The second-order valence-electron chi connectivity index (χ2n) is 6.87. The molecule has 3 aromatic carbocycles. The number of aryl methyl sites for hydroxylation is 1. The number of carbonyl (C=O) groups excluding carboxylic acids is 2. The number of methoxy groups -OCH3 is 1. The highest BCUT2D eigenvalue weighted by Gasteiger charge is 2.21. The Morgan fingerprint density at radius 2 is 1.70 bits per heavy atom. The Morgan fingerprint density at radius 3 is 2.40 bits per heavy atom. The van der Waals surface area contributed by atoms with E-state index in [4.69, 9.17) is 16.3 Å². The summed E-state index contributed by atoms with van der Waals surface area (Å²) in [4.78, 5) is 25.6. The van der Waals surface area contributed by atoms with Crippen molar-refractivity contribution in [1.82, 2.24) is 5.32 Å². The normalized spacial score (nSPS) is 11.4. The SMILES string of the molecule is COc1ccc(C)cc1NC(=O)CC(NC(=O)c1ccccc1Cl)c1ccccc1. The molecule has 0 saturated carbocycles. The predicted octanol–water partition coefficient (Wildman–Crippen LogP) is 5.16. The van der Waals surface area contributed by atoms with Crippen LogP contribution < -0.4 is 15.4 Å². The number of nitrogens with one attached hydrogen (secondary N) is 2. The summed E-state index contributed by atoms with van der Waals surface area (Å²) < 4.78 is 5.33. The number of hydrogen-bond acceptors (Lipinski definition) is 3. The van der Waals surface area contributed by atoms with Gasteiger partial charge in [-0.2, -0.15) is 0 Å². The average molecular weight is 423 g/mol. The molecule has 0 aliphatic carbocycles. The first kappa shape index (κ1) is 21.4. The Kier molecular flexibility index (Phi) is 7.09. The summed E-state index contributed by atoms with van der Waals surface area (Å²) in [6.45, 7) is 1.94. The summed E-state index contributed by atoms with van der Waals surface area (Å²) in [6.07, 6.45) is 0.0529. The number of halogens is 1. The molecule has 0 aliphatic rings. The molecule has 30 heavy (non-hydrogen) atoms. The molecule has 2 N–H and O–H groups in total. The highest BCUT2D eigenvalue weighted by Crippen LogP contribution is 2.26. The Morgan fingerprint density at radius 1 is 1.00 bits per heavy atom. The molecule has 6 heteroatoms. The number of ether oxygens (including phenoxy) is 1. The van der Waals surface area contributed by atoms with Crippen LogP contribution in [0, 0.1) is 6.92 Å². The predicted molar refractivity (Wildman–Crippen MR) is 119 cm³/mol. The maximum atomic E-state index is 12.8. The number of benzene rings is 3. The van der Waals surface area contributed by atoms with Crippen LogP contribution >= 0.6 is 11.6 Å². The summed E-state index contributed by atoms with van der Waals surface area (Å²) in [5, 5.41) is 6.17. The van der Waals surface area contributed by atoms with E-state index in [0.29, 0.717) is 22.0 Å². The van der Waals surface area contributed by atoms with E-state index in [1.807, 2.05) is 49.4 Å². The molecule has 0 aromatic heterocycles. The second kappa shape index (κ2) is 9.94. The van der Waals surface area contributed by atoms with Gasteiger partial charge in [-0.25, -0.2) is 0 Å². The Labute approximate surface area is 181 Å². The molecule has 154 valence electrons. The third kappa shape index (κ3) is 5.39. The summed E-state index contributed by atoms with van der Waals surface area (Å²) in [5.74, 6) is -0.00656. The van der Waals surface area contributed by atoms with Crippen molar-refractivity contribution in [1.29, 1.82) is 0 Å². The zero-order chi connectivity index (χ0) is 21.5. The van der Waals surface area contributed by atoms with Crippen LogP contribution in [0.25, 0.3) is 0 Å². The fourth-order valence-corrected chi connectivity index (χ4v) is 3.35. The van der Waals surface area contributed by atoms with E-state index in [0.717, 1.165) is 11.1 Å². The van der Waals surface area contributed by atoms with Crippen molar-refractivity contribution >= 4 is 29.1 Å². The number of rotatable bonds is 7. The van der Waals surface area contributed by atoms with Crippen LogP contribution in [0.4, 0.5) is 5.69 Å². The monoisotopic (exact) mass is 422 g/mol. The number of amides is 2. The van der Waals surface area contributed by atoms with Gasteiger partial charge < -0.3 is 15.4 Å². The van der Waals surface area contributed by atoms with Gasteiger partial charge in [0.15, 0.2) is 0 Å². The van der Waals surface area contributed by atoms with Crippen LogP contribution in [0.15, 0.2) is 72.8 Å². The van der Waals surface area contributed by atoms with E-state index in [-0.39, 0.29) is 18.2 Å². The molecule has 3 rings (SSSR count). The Bertz CT molecular complexity index is 1040. The van der Waals surface area contributed by atoms with Crippen molar-refractivity contribution in [2.24, 2.45) is 0 Å². The lowest BCUT2D eigenvalue weighted by atomic mass is 10.0. The van der Waals surface area contributed by atoms with Crippen LogP contribution in [0.2, 0.25) is 5.02 Å². The van der Waals surface area contributed by atoms with Gasteiger partial charge in [0.1, 0.15) is 5.75 Å². The van der Waals surface area contributed by atoms with Crippen LogP contribution in [0.3, 0.4) is 0 Å². The van der Waals surface area contributed by atoms with Gasteiger partial charge in [-0.3, -0.25) is 9.59 Å². The molecule has 2 amide bonds. The molecule has 0 fully saturated rings. The number of carbonyl (C=O) groups is 2. The van der Waals surface area contributed by atoms with Crippen LogP contribution in [0.1, 0.15) is 33.9 Å². The van der Waals surface area contributed by atoms with Crippen molar-refractivity contribution in [3.63, 3.8) is 0 Å². The van der Waals surface area contributed by atoms with Crippen molar-refractivity contribution in [3.05, 3.63) is 94.5 Å². The molecule has 3 aromatic rings. The summed E-state index contributed by atoms with van der Waals surface area (Å²) in [5.41, 5.74) is 2.77. The third-order valence-electron chi connectivity index (χ3n) is 4.64. The number of hydrogen-bond donors (Lipinski definition) is 2. The zero-order valence-electron chi connectivity index (χ0n) is 16.8. The molecule has 1 unspecified atom stereocenters. The van der Waals surface area contributed by atoms with E-state index in [1.165, 1.54) is 0 Å². The first-order chi connectivity index (χ1) is 14.5. The lowest BCUT2D eigenvalue weighted by Crippen LogP contribution is -2.31. The van der Waals surface area contributed by atoms with E-state index < -0.39 is 6.04 Å². The standard InChI is InChI=1S/C24H23ClN2O3/c1-16-12-13-22(30-2)21(14-16)26-23(28)15-20(17-8-4-3-5-9-17)27-24(29)18-10-6-7-11-19(18)25/h3-14,20H,15H2,1-2H3,(H,26,28)(H,27,29). The minimum atomic E-state index is -0.522. The smallest absolute Gasteiger partial charge is 0.253 e. The van der Waals surface area contributed by atoms with Crippen molar-refractivity contribution < 1.29 is 14.3 Å². The maximum Gasteiger partial charge on any atom is 0.253 e. The maximum absolute atomic E-state index is 12.8. The molecule has 0 spiro atoms. The van der Waals surface area contributed by atoms with Gasteiger partial charge in [-0.15, -0.1) is 0 Å². The quantitative estimate of drug-likeness (QED) is 0.552. The molecule has 0 bridgehead atoms. The first-order valence-corrected chi connectivity index (χ1v) is 9.90. The summed E-state index contributed by atoms with van der Waals surface area (Å²) >= 11 is 6.16. The van der Waals surface area contributed by atoms with Crippen molar-refractivity contribution in [3.8, 4) is 5.75 Å². The molecule has 0 heterocycles. The van der Waals surface area contributed by atoms with Crippen LogP contribution in [-0.2, 0) is 4.79 Å². The zero-order valence-corrected chi connectivity index (χ0v) is 17.6. The van der Waals surface area contributed by atoms with Gasteiger partial charge in [0, 0.05) is 0 Å². The second-order valence-corrected chi connectivity index (χ2v) is 7.28. The molecule has 5 nitrogen and oxygen atoms in total. The molecular weight excluding hydrogens is 400 g/mol. The van der Waals surface area contributed by atoms with Crippen LogP contribution in [0.5, 0.6) is 5.75 Å². The van der Waals surface area contributed by atoms with Gasteiger partial charge in [0.25, 0.3) is 5.91 Å². The largest absolute Gasteiger partial charge is 0.495 e. The lowest BCUT2D eigenvalue weighted by molar-refractivity contribution is -0.116. The molecule has 0 aliphatic heterocycles. The van der Waals surface area contributed by atoms with Crippen LogP contribution in [-0.4, -0.2) is 18.9 Å². The van der Waals surface area contributed by atoms with Gasteiger partial charge in [-0.05, 0) is 42.3 Å². The molecule has 1 atom stereocenters. The topological polar surface area (TPSA) is 67.4 Å². The summed E-state index contributed by atoms with van der Waals surface area (Å²) in [6, 6.07) is 21.2. The van der Waals surface area contributed by atoms with E-state index in [9.17, 15) is 9.59 Å². The van der Waals surface area contributed by atoms with Gasteiger partial charge >= 0.3 is 0 Å². The minimum absolute atomic E-state index is 0.0529. The third-order valence-corrected chi connectivity index (χ3v) is 4.97. The fraction of sp³-hybridized carbons (Fsp3) is 0.167. The first-order valence-electron chi connectivity index (χ1n) is 9.52. The van der Waals surface area contributed by atoms with E-state index >= 15 is 0 Å². The number of anilines is 1. The van der Waals surface area contributed by atoms with Gasteiger partial charge in [0.05, 0.1) is 35.8 Å². The van der Waals surface area contributed by atoms with Gasteiger partial charge in [-0.1, -0.05) is 60.1 Å². The highest BCUT2D eigenvalue weighted by atomic mass is 35.5. The van der Waals surface area contributed by atoms with Gasteiger partial charge in [0.2, 0.25) is 5.91 Å². The molecule has 0 saturated heterocycles. The Hall–Kier alpha value is -3.31. The van der Waals surface area contributed by atoms with Crippen molar-refractivity contribution in [2.75, 3.05) is 12.4 Å². The van der Waals surface area contributed by atoms with Crippen molar-refractivity contribution in [2.45, 2.75) is 19.4 Å². The lowest BCUT2D eigenvalue weighted by Gasteiger charge is -2.20. The molecular formula is C24H23ClN2O3. The highest BCUT2D eigenvalue weighted by molar-refractivity contribution is 6.33. The Balaban J connectivity index is 1.80.